The quantitative estimate of drug-likeness (QED) is 0.640. The molecule has 7 nitrogen and oxygen atoms in total. The number of anilines is 1. The maximum absolute atomic E-state index is 14.1. The summed E-state index contributed by atoms with van der Waals surface area (Å²) in [5, 5.41) is 2.15. The second-order valence-electron chi connectivity index (χ2n) is 6.55. The smallest absolute Gasteiger partial charge is 0.324 e. The van der Waals surface area contributed by atoms with Crippen LogP contribution in [0, 0.1) is 17.5 Å². The lowest BCUT2D eigenvalue weighted by molar-refractivity contribution is -0.148. The highest BCUT2D eigenvalue weighted by Gasteiger charge is 2.25. The topological polar surface area (TPSA) is 102 Å². The normalized spacial score (nSPS) is 12.5. The second kappa shape index (κ2) is 9.26. The Bertz CT molecular complexity index is 1070. The maximum atomic E-state index is 14.1. The molecule has 0 unspecified atom stereocenters. The van der Waals surface area contributed by atoms with E-state index in [2.05, 4.69) is 10.0 Å². The minimum absolute atomic E-state index is 0.158. The summed E-state index contributed by atoms with van der Waals surface area (Å²) in [6.07, 6.45) is -0.457. The summed E-state index contributed by atoms with van der Waals surface area (Å²) in [7, 11) is -4.31. The number of hydrogen-bond donors (Lipinski definition) is 2. The van der Waals surface area contributed by atoms with Gasteiger partial charge in [0.1, 0.15) is 11.9 Å². The van der Waals surface area contributed by atoms with Crippen LogP contribution >= 0.6 is 0 Å². The number of amides is 1. The molecular formula is C19H19F3N2O5S. The third-order valence-electron chi connectivity index (χ3n) is 3.71. The molecule has 0 spiro atoms. The van der Waals surface area contributed by atoms with Gasteiger partial charge in [0.05, 0.1) is 16.6 Å². The van der Waals surface area contributed by atoms with Crippen LogP contribution in [0.1, 0.15) is 31.1 Å². The Labute approximate surface area is 171 Å². The molecule has 1 amide bonds. The van der Waals surface area contributed by atoms with E-state index in [1.807, 2.05) is 0 Å². The van der Waals surface area contributed by atoms with Crippen LogP contribution in [0.2, 0.25) is 0 Å². The van der Waals surface area contributed by atoms with Gasteiger partial charge in [0.2, 0.25) is 10.0 Å². The maximum Gasteiger partial charge on any atom is 0.324 e. The molecule has 0 bridgehead atoms. The number of ether oxygens (including phenoxy) is 1. The van der Waals surface area contributed by atoms with Crippen molar-refractivity contribution in [2.45, 2.75) is 37.8 Å². The van der Waals surface area contributed by atoms with Gasteiger partial charge < -0.3 is 10.1 Å². The zero-order valence-corrected chi connectivity index (χ0v) is 17.0. The van der Waals surface area contributed by atoms with E-state index >= 15 is 0 Å². The van der Waals surface area contributed by atoms with Crippen molar-refractivity contribution < 1.29 is 35.9 Å². The second-order valence-corrected chi connectivity index (χ2v) is 8.27. The number of esters is 1. The van der Waals surface area contributed by atoms with Crippen LogP contribution in [0.3, 0.4) is 0 Å². The van der Waals surface area contributed by atoms with E-state index in [9.17, 15) is 31.2 Å². The summed E-state index contributed by atoms with van der Waals surface area (Å²) in [6.45, 7) is 4.45. The van der Waals surface area contributed by atoms with Gasteiger partial charge in [-0.15, -0.1) is 0 Å². The first-order chi connectivity index (χ1) is 13.9. The van der Waals surface area contributed by atoms with Crippen molar-refractivity contribution in [3.63, 3.8) is 0 Å². The third-order valence-corrected chi connectivity index (χ3v) is 5.25. The van der Waals surface area contributed by atoms with Crippen LogP contribution < -0.4 is 10.0 Å². The van der Waals surface area contributed by atoms with Gasteiger partial charge in [-0.05, 0) is 51.1 Å². The van der Waals surface area contributed by atoms with Crippen LogP contribution in [-0.4, -0.2) is 32.4 Å². The number of benzene rings is 2. The molecule has 0 aliphatic heterocycles. The van der Waals surface area contributed by atoms with Gasteiger partial charge in [-0.2, -0.15) is 4.72 Å². The lowest BCUT2D eigenvalue weighted by Gasteiger charge is -2.16. The minimum atomic E-state index is -4.31. The number of carbonyl (C=O) groups is 2. The van der Waals surface area contributed by atoms with Gasteiger partial charge in [0.25, 0.3) is 5.91 Å². The molecule has 0 radical (unpaired) electrons. The fourth-order valence-corrected chi connectivity index (χ4v) is 3.52. The molecule has 2 aromatic carbocycles. The monoisotopic (exact) mass is 444 g/mol. The molecule has 30 heavy (non-hydrogen) atoms. The van der Waals surface area contributed by atoms with Crippen LogP contribution in [0.25, 0.3) is 0 Å². The Kier molecular flexibility index (Phi) is 7.21. The standard InChI is InChI=1S/C19H19F3N2O5S/c1-10(2)29-19(26)11(3)24-30(27,28)13-5-7-15(20)14(9-13)18(25)23-12-4-6-16(21)17(22)8-12/h4-11,24H,1-3H3,(H,23,25)/t11-/m0/s1. The molecular weight excluding hydrogens is 425 g/mol. The summed E-state index contributed by atoms with van der Waals surface area (Å²) in [4.78, 5) is 23.6. The summed E-state index contributed by atoms with van der Waals surface area (Å²) < 4.78 is 72.3. The highest BCUT2D eigenvalue weighted by molar-refractivity contribution is 7.89. The van der Waals surface area contributed by atoms with E-state index in [1.165, 1.54) is 6.92 Å². The van der Waals surface area contributed by atoms with Crippen molar-refractivity contribution in [2.75, 3.05) is 5.32 Å². The Balaban J connectivity index is 2.25. The fraction of sp³-hybridized carbons (Fsp3) is 0.263. The lowest BCUT2D eigenvalue weighted by atomic mass is 10.2. The molecule has 0 aromatic heterocycles. The van der Waals surface area contributed by atoms with E-state index in [0.717, 1.165) is 30.3 Å². The van der Waals surface area contributed by atoms with Crippen molar-refractivity contribution in [1.29, 1.82) is 0 Å². The van der Waals surface area contributed by atoms with Crippen molar-refractivity contribution in [3.8, 4) is 0 Å². The SMILES string of the molecule is CC(C)OC(=O)[C@H](C)NS(=O)(=O)c1ccc(F)c(C(=O)Nc2ccc(F)c(F)c2)c1. The lowest BCUT2D eigenvalue weighted by Crippen LogP contribution is -2.40. The zero-order chi connectivity index (χ0) is 22.6. The van der Waals surface area contributed by atoms with E-state index in [0.29, 0.717) is 6.07 Å². The summed E-state index contributed by atoms with van der Waals surface area (Å²) in [5.41, 5.74) is -0.810. The largest absolute Gasteiger partial charge is 0.462 e. The fourth-order valence-electron chi connectivity index (χ4n) is 2.30. The van der Waals surface area contributed by atoms with Crippen LogP contribution in [0.5, 0.6) is 0 Å². The number of rotatable bonds is 7. The first kappa shape index (κ1) is 23.4. The Morgan fingerprint density at radius 3 is 2.17 bits per heavy atom. The van der Waals surface area contributed by atoms with Crippen LogP contribution in [-0.2, 0) is 19.6 Å². The number of nitrogens with one attached hydrogen (secondary N) is 2. The van der Waals surface area contributed by atoms with Gasteiger partial charge in [-0.1, -0.05) is 0 Å². The van der Waals surface area contributed by atoms with E-state index in [4.69, 9.17) is 4.74 Å². The van der Waals surface area contributed by atoms with Crippen molar-refractivity contribution in [3.05, 3.63) is 59.4 Å². The summed E-state index contributed by atoms with van der Waals surface area (Å²) in [6, 6.07) is 3.70. The number of hydrogen-bond acceptors (Lipinski definition) is 5. The average Bonchev–Trinajstić information content (AvgIpc) is 2.63. The van der Waals surface area contributed by atoms with Gasteiger partial charge in [0, 0.05) is 11.8 Å². The van der Waals surface area contributed by atoms with Gasteiger partial charge >= 0.3 is 5.97 Å². The van der Waals surface area contributed by atoms with Crippen molar-refractivity contribution >= 4 is 27.6 Å². The first-order valence-electron chi connectivity index (χ1n) is 8.69. The van der Waals surface area contributed by atoms with E-state index in [-0.39, 0.29) is 5.69 Å². The van der Waals surface area contributed by atoms with Crippen LogP contribution in [0.4, 0.5) is 18.9 Å². The summed E-state index contributed by atoms with van der Waals surface area (Å²) in [5.74, 6) is -5.30. The predicted molar refractivity (Wildman–Crippen MR) is 102 cm³/mol. The highest BCUT2D eigenvalue weighted by atomic mass is 32.2. The predicted octanol–water partition coefficient (Wildman–Crippen LogP) is 2.97. The molecule has 162 valence electrons. The molecule has 2 aromatic rings. The molecule has 0 aliphatic rings. The zero-order valence-electron chi connectivity index (χ0n) is 16.2. The highest BCUT2D eigenvalue weighted by Crippen LogP contribution is 2.19. The van der Waals surface area contributed by atoms with Gasteiger partial charge in [0.15, 0.2) is 11.6 Å². The Hall–Kier alpha value is -2.92. The molecule has 1 atom stereocenters. The third kappa shape index (κ3) is 5.80. The molecule has 0 aliphatic carbocycles. The molecule has 2 rings (SSSR count). The minimum Gasteiger partial charge on any atom is -0.462 e. The van der Waals surface area contributed by atoms with Gasteiger partial charge in [-0.3, -0.25) is 9.59 Å². The molecule has 2 N–H and O–H groups in total. The number of carbonyl (C=O) groups excluding carboxylic acids is 2. The molecule has 11 heteroatoms. The average molecular weight is 444 g/mol. The van der Waals surface area contributed by atoms with E-state index < -0.39 is 62.0 Å². The Morgan fingerprint density at radius 1 is 0.933 bits per heavy atom. The molecule has 0 heterocycles. The Morgan fingerprint density at radius 2 is 1.57 bits per heavy atom. The first-order valence-corrected chi connectivity index (χ1v) is 10.2. The molecule has 0 saturated carbocycles. The number of sulfonamides is 1. The van der Waals surface area contributed by atoms with E-state index in [1.54, 1.807) is 13.8 Å². The number of halogens is 3. The van der Waals surface area contributed by atoms with Crippen molar-refractivity contribution in [2.24, 2.45) is 0 Å². The van der Waals surface area contributed by atoms with Crippen molar-refractivity contribution in [1.82, 2.24) is 4.72 Å². The van der Waals surface area contributed by atoms with Crippen LogP contribution in [0.15, 0.2) is 41.3 Å². The van der Waals surface area contributed by atoms with Gasteiger partial charge in [-0.25, -0.2) is 21.6 Å². The molecule has 0 fully saturated rings. The summed E-state index contributed by atoms with van der Waals surface area (Å²) >= 11 is 0. The molecule has 0 saturated heterocycles.